The molecule has 1 aromatic heterocycles. The van der Waals surface area contributed by atoms with Crippen molar-refractivity contribution >= 4 is 35.0 Å². The number of amides is 3. The maximum atomic E-state index is 11.6. The van der Waals surface area contributed by atoms with Crippen molar-refractivity contribution in [2.24, 2.45) is 5.92 Å². The van der Waals surface area contributed by atoms with Gasteiger partial charge in [0.05, 0.1) is 11.4 Å². The SMILES string of the molecule is CC(C)CNC(=O)COC(=O)CNC(=O)CNC(=O)c1cccs1. The highest BCUT2D eigenvalue weighted by Gasteiger charge is 2.11. The molecule has 3 N–H and O–H groups in total. The summed E-state index contributed by atoms with van der Waals surface area (Å²) in [5.41, 5.74) is 0. The molecule has 0 atom stereocenters. The normalized spacial score (nSPS) is 10.1. The summed E-state index contributed by atoms with van der Waals surface area (Å²) in [7, 11) is 0. The van der Waals surface area contributed by atoms with Crippen LogP contribution in [-0.4, -0.2) is 49.9 Å². The first-order valence-corrected chi connectivity index (χ1v) is 8.27. The lowest BCUT2D eigenvalue weighted by Gasteiger charge is -2.09. The van der Waals surface area contributed by atoms with E-state index in [1.165, 1.54) is 11.3 Å². The second kappa shape index (κ2) is 10.4. The molecule has 0 bridgehead atoms. The van der Waals surface area contributed by atoms with Crippen molar-refractivity contribution in [1.82, 2.24) is 16.0 Å². The van der Waals surface area contributed by atoms with Crippen molar-refractivity contribution in [2.75, 3.05) is 26.2 Å². The summed E-state index contributed by atoms with van der Waals surface area (Å²) in [5, 5.41) is 9.08. The third-order valence-corrected chi connectivity index (χ3v) is 3.52. The van der Waals surface area contributed by atoms with Crippen LogP contribution >= 0.6 is 11.3 Å². The van der Waals surface area contributed by atoms with Gasteiger partial charge in [0.2, 0.25) is 5.91 Å². The van der Waals surface area contributed by atoms with Gasteiger partial charge in [-0.1, -0.05) is 19.9 Å². The van der Waals surface area contributed by atoms with E-state index in [0.29, 0.717) is 17.3 Å². The number of carbonyl (C=O) groups excluding carboxylic acids is 4. The molecule has 0 aliphatic carbocycles. The van der Waals surface area contributed by atoms with Crippen molar-refractivity contribution < 1.29 is 23.9 Å². The molecule has 1 heterocycles. The van der Waals surface area contributed by atoms with Gasteiger partial charge in [0.1, 0.15) is 6.54 Å². The molecular formula is C15H21N3O5S. The largest absolute Gasteiger partial charge is 0.454 e. The monoisotopic (exact) mass is 355 g/mol. The molecule has 0 fully saturated rings. The molecule has 0 saturated carbocycles. The number of esters is 1. The van der Waals surface area contributed by atoms with Crippen LogP contribution in [0, 0.1) is 5.92 Å². The molecule has 0 aliphatic heterocycles. The molecular weight excluding hydrogens is 334 g/mol. The van der Waals surface area contributed by atoms with Gasteiger partial charge in [-0.05, 0) is 17.4 Å². The van der Waals surface area contributed by atoms with E-state index in [1.54, 1.807) is 17.5 Å². The first-order chi connectivity index (χ1) is 11.4. The lowest BCUT2D eigenvalue weighted by molar-refractivity contribution is -0.148. The molecule has 132 valence electrons. The number of nitrogens with one attached hydrogen (secondary N) is 3. The van der Waals surface area contributed by atoms with Crippen molar-refractivity contribution in [1.29, 1.82) is 0 Å². The molecule has 9 heteroatoms. The highest BCUT2D eigenvalue weighted by molar-refractivity contribution is 7.12. The molecule has 0 unspecified atom stereocenters. The molecule has 24 heavy (non-hydrogen) atoms. The predicted molar refractivity (Wildman–Crippen MR) is 88.5 cm³/mol. The van der Waals surface area contributed by atoms with Crippen LogP contribution < -0.4 is 16.0 Å². The first kappa shape index (κ1) is 19.6. The van der Waals surface area contributed by atoms with E-state index in [-0.39, 0.29) is 19.0 Å². The van der Waals surface area contributed by atoms with Gasteiger partial charge in [-0.15, -0.1) is 11.3 Å². The van der Waals surface area contributed by atoms with Gasteiger partial charge < -0.3 is 20.7 Å². The minimum Gasteiger partial charge on any atom is -0.454 e. The Morgan fingerprint density at radius 1 is 1.08 bits per heavy atom. The first-order valence-electron chi connectivity index (χ1n) is 7.39. The Bertz CT molecular complexity index is 572. The molecule has 0 spiro atoms. The zero-order chi connectivity index (χ0) is 17.9. The fourth-order valence-corrected chi connectivity index (χ4v) is 2.09. The number of hydrogen-bond acceptors (Lipinski definition) is 6. The van der Waals surface area contributed by atoms with Gasteiger partial charge in [0.15, 0.2) is 6.61 Å². The Kier molecular flexibility index (Phi) is 8.48. The van der Waals surface area contributed by atoms with Crippen LogP contribution in [0.5, 0.6) is 0 Å². The summed E-state index contributed by atoms with van der Waals surface area (Å²) in [6.45, 7) is 3.37. The van der Waals surface area contributed by atoms with E-state index < -0.39 is 24.4 Å². The smallest absolute Gasteiger partial charge is 0.325 e. The second-order valence-electron chi connectivity index (χ2n) is 5.30. The van der Waals surface area contributed by atoms with E-state index in [9.17, 15) is 19.2 Å². The molecule has 0 radical (unpaired) electrons. The zero-order valence-electron chi connectivity index (χ0n) is 13.6. The Hall–Kier alpha value is -2.42. The molecule has 0 saturated heterocycles. The van der Waals surface area contributed by atoms with E-state index >= 15 is 0 Å². The maximum absolute atomic E-state index is 11.6. The summed E-state index contributed by atoms with van der Waals surface area (Å²) in [6.07, 6.45) is 0. The van der Waals surface area contributed by atoms with E-state index in [0.717, 1.165) is 0 Å². The Morgan fingerprint density at radius 3 is 2.46 bits per heavy atom. The van der Waals surface area contributed by atoms with Gasteiger partial charge in [-0.2, -0.15) is 0 Å². The minimum atomic E-state index is -0.729. The van der Waals surface area contributed by atoms with Crippen LogP contribution in [0.1, 0.15) is 23.5 Å². The number of ether oxygens (including phenoxy) is 1. The Morgan fingerprint density at radius 2 is 1.83 bits per heavy atom. The molecule has 1 aromatic rings. The Balaban J connectivity index is 2.14. The highest BCUT2D eigenvalue weighted by atomic mass is 32.1. The summed E-state index contributed by atoms with van der Waals surface area (Å²) in [5.74, 6) is -1.71. The average molecular weight is 355 g/mol. The predicted octanol–water partition coefficient (Wildman–Crippen LogP) is -0.0905. The van der Waals surface area contributed by atoms with Gasteiger partial charge in [0, 0.05) is 6.54 Å². The van der Waals surface area contributed by atoms with Crippen LogP contribution in [0.15, 0.2) is 17.5 Å². The number of thiophene rings is 1. The third-order valence-electron chi connectivity index (χ3n) is 2.66. The number of carbonyl (C=O) groups is 4. The van der Waals surface area contributed by atoms with Crippen LogP contribution in [0.25, 0.3) is 0 Å². The molecule has 8 nitrogen and oxygen atoms in total. The van der Waals surface area contributed by atoms with Gasteiger partial charge in [-0.3, -0.25) is 19.2 Å². The zero-order valence-corrected chi connectivity index (χ0v) is 14.4. The van der Waals surface area contributed by atoms with Crippen molar-refractivity contribution in [2.45, 2.75) is 13.8 Å². The topological polar surface area (TPSA) is 114 Å². The minimum absolute atomic E-state index is 0.251. The summed E-state index contributed by atoms with van der Waals surface area (Å²) in [6, 6.07) is 3.37. The molecule has 1 rings (SSSR count). The van der Waals surface area contributed by atoms with E-state index in [2.05, 4.69) is 16.0 Å². The third kappa shape index (κ3) is 8.28. The lowest BCUT2D eigenvalue weighted by Crippen LogP contribution is -2.40. The maximum Gasteiger partial charge on any atom is 0.325 e. The Labute approximate surface area is 143 Å². The number of hydrogen-bond donors (Lipinski definition) is 3. The van der Waals surface area contributed by atoms with Crippen LogP contribution in [0.3, 0.4) is 0 Å². The average Bonchev–Trinajstić information content (AvgIpc) is 3.08. The van der Waals surface area contributed by atoms with E-state index in [4.69, 9.17) is 4.74 Å². The van der Waals surface area contributed by atoms with Crippen LogP contribution in [0.4, 0.5) is 0 Å². The molecule has 0 aromatic carbocycles. The summed E-state index contributed by atoms with van der Waals surface area (Å²) in [4.78, 5) is 46.4. The quantitative estimate of drug-likeness (QED) is 0.536. The standard InChI is InChI=1S/C15H21N3O5S/c1-10(2)6-16-13(20)9-23-14(21)8-17-12(19)7-18-15(22)11-4-3-5-24-11/h3-5,10H,6-9H2,1-2H3,(H,16,20)(H,17,19)(H,18,22). The molecule has 3 amide bonds. The van der Waals surface area contributed by atoms with Crippen LogP contribution in [0.2, 0.25) is 0 Å². The van der Waals surface area contributed by atoms with E-state index in [1.807, 2.05) is 13.8 Å². The van der Waals surface area contributed by atoms with Crippen molar-refractivity contribution in [3.8, 4) is 0 Å². The highest BCUT2D eigenvalue weighted by Crippen LogP contribution is 2.07. The van der Waals surface area contributed by atoms with Gasteiger partial charge in [-0.25, -0.2) is 0 Å². The fourth-order valence-electron chi connectivity index (χ4n) is 1.45. The summed E-state index contributed by atoms with van der Waals surface area (Å²) >= 11 is 1.26. The second-order valence-corrected chi connectivity index (χ2v) is 6.24. The van der Waals surface area contributed by atoms with Crippen LogP contribution in [-0.2, 0) is 19.1 Å². The van der Waals surface area contributed by atoms with Crippen molar-refractivity contribution in [3.63, 3.8) is 0 Å². The van der Waals surface area contributed by atoms with Gasteiger partial charge in [0.25, 0.3) is 11.8 Å². The molecule has 0 aliphatic rings. The lowest BCUT2D eigenvalue weighted by atomic mass is 10.2. The summed E-state index contributed by atoms with van der Waals surface area (Å²) < 4.78 is 4.72. The fraction of sp³-hybridized carbons (Fsp3) is 0.467. The number of rotatable bonds is 9. The van der Waals surface area contributed by atoms with Crippen molar-refractivity contribution in [3.05, 3.63) is 22.4 Å². The van der Waals surface area contributed by atoms with Gasteiger partial charge >= 0.3 is 5.97 Å².